The standard InChI is InChI=1S/C18H23FN2O2/c1-14(15-5-7-16(19)8-6-15)13-17(22)20-10-9-18(23)21-11-3-2-4-12-21/h5-8,13H,2-4,9-12H2,1H3,(H,20,22)/b14-13+. The van der Waals surface area contributed by atoms with E-state index in [-0.39, 0.29) is 17.6 Å². The normalized spacial score (nSPS) is 15.4. The van der Waals surface area contributed by atoms with Crippen molar-refractivity contribution in [1.29, 1.82) is 0 Å². The molecule has 0 bridgehead atoms. The Morgan fingerprint density at radius 2 is 1.83 bits per heavy atom. The quantitative estimate of drug-likeness (QED) is 0.849. The monoisotopic (exact) mass is 318 g/mol. The van der Waals surface area contributed by atoms with Crippen molar-refractivity contribution < 1.29 is 14.0 Å². The van der Waals surface area contributed by atoms with E-state index in [2.05, 4.69) is 5.32 Å². The number of hydrogen-bond acceptors (Lipinski definition) is 2. The van der Waals surface area contributed by atoms with Gasteiger partial charge >= 0.3 is 0 Å². The minimum absolute atomic E-state index is 0.101. The zero-order valence-corrected chi connectivity index (χ0v) is 13.5. The molecule has 0 unspecified atom stereocenters. The fraction of sp³-hybridized carbons (Fsp3) is 0.444. The smallest absolute Gasteiger partial charge is 0.244 e. The van der Waals surface area contributed by atoms with Crippen LogP contribution in [0.2, 0.25) is 0 Å². The van der Waals surface area contributed by atoms with Crippen LogP contribution in [0, 0.1) is 5.82 Å². The molecule has 0 saturated carbocycles. The molecule has 2 rings (SSSR count). The van der Waals surface area contributed by atoms with E-state index in [1.807, 2.05) is 4.90 Å². The second kappa shape index (κ2) is 8.46. The summed E-state index contributed by atoms with van der Waals surface area (Å²) in [7, 11) is 0. The minimum atomic E-state index is -0.303. The third-order valence-electron chi connectivity index (χ3n) is 3.99. The molecule has 1 aromatic rings. The van der Waals surface area contributed by atoms with Crippen LogP contribution in [0.25, 0.3) is 5.57 Å². The van der Waals surface area contributed by atoms with Gasteiger partial charge in [0.15, 0.2) is 0 Å². The third-order valence-corrected chi connectivity index (χ3v) is 3.99. The number of nitrogens with one attached hydrogen (secondary N) is 1. The summed E-state index contributed by atoms with van der Waals surface area (Å²) in [5.74, 6) is -0.440. The van der Waals surface area contributed by atoms with Gasteiger partial charge in [-0.05, 0) is 49.5 Å². The van der Waals surface area contributed by atoms with E-state index >= 15 is 0 Å². The summed E-state index contributed by atoms with van der Waals surface area (Å²) >= 11 is 0. The topological polar surface area (TPSA) is 49.4 Å². The molecule has 1 aliphatic rings. The van der Waals surface area contributed by atoms with E-state index in [0.29, 0.717) is 13.0 Å². The van der Waals surface area contributed by atoms with Crippen LogP contribution in [0.5, 0.6) is 0 Å². The molecule has 1 heterocycles. The maximum atomic E-state index is 12.9. The van der Waals surface area contributed by atoms with Crippen LogP contribution >= 0.6 is 0 Å². The van der Waals surface area contributed by atoms with E-state index in [1.165, 1.54) is 24.6 Å². The van der Waals surface area contributed by atoms with Gasteiger partial charge in [0, 0.05) is 32.1 Å². The Bertz CT molecular complexity index is 575. The summed E-state index contributed by atoms with van der Waals surface area (Å²) in [6.45, 7) is 3.79. The van der Waals surface area contributed by atoms with Crippen molar-refractivity contribution in [2.75, 3.05) is 19.6 Å². The van der Waals surface area contributed by atoms with Crippen molar-refractivity contribution in [2.24, 2.45) is 0 Å². The Labute approximate surface area is 136 Å². The average Bonchev–Trinajstić information content (AvgIpc) is 2.56. The SMILES string of the molecule is C/C(=C\C(=O)NCCC(=O)N1CCCCC1)c1ccc(F)cc1. The number of amides is 2. The summed E-state index contributed by atoms with van der Waals surface area (Å²) in [4.78, 5) is 25.7. The van der Waals surface area contributed by atoms with E-state index in [0.717, 1.165) is 37.1 Å². The van der Waals surface area contributed by atoms with Gasteiger partial charge in [-0.25, -0.2) is 4.39 Å². The Hall–Kier alpha value is -2.17. The summed E-state index contributed by atoms with van der Waals surface area (Å²) in [5.41, 5.74) is 1.55. The predicted octanol–water partition coefficient (Wildman–Crippen LogP) is 2.75. The summed E-state index contributed by atoms with van der Waals surface area (Å²) in [6.07, 6.45) is 5.12. The Morgan fingerprint density at radius 1 is 1.17 bits per heavy atom. The van der Waals surface area contributed by atoms with Gasteiger partial charge in [-0.3, -0.25) is 9.59 Å². The number of carbonyl (C=O) groups is 2. The molecular formula is C18H23FN2O2. The van der Waals surface area contributed by atoms with Crippen LogP contribution in [0.1, 0.15) is 38.2 Å². The minimum Gasteiger partial charge on any atom is -0.352 e. The first-order valence-corrected chi connectivity index (χ1v) is 8.06. The molecule has 5 heteroatoms. The zero-order chi connectivity index (χ0) is 16.7. The van der Waals surface area contributed by atoms with Crippen molar-refractivity contribution in [3.05, 3.63) is 41.7 Å². The molecule has 0 radical (unpaired) electrons. The number of piperidine rings is 1. The van der Waals surface area contributed by atoms with Crippen molar-refractivity contribution in [2.45, 2.75) is 32.6 Å². The number of rotatable bonds is 5. The van der Waals surface area contributed by atoms with Crippen LogP contribution < -0.4 is 5.32 Å². The lowest BCUT2D eigenvalue weighted by Crippen LogP contribution is -2.37. The fourth-order valence-electron chi connectivity index (χ4n) is 2.64. The zero-order valence-electron chi connectivity index (χ0n) is 13.5. The molecule has 0 aliphatic carbocycles. The molecule has 0 spiro atoms. The van der Waals surface area contributed by atoms with Gasteiger partial charge in [-0.15, -0.1) is 0 Å². The second-order valence-electron chi connectivity index (χ2n) is 5.82. The summed E-state index contributed by atoms with van der Waals surface area (Å²) < 4.78 is 12.9. The fourth-order valence-corrected chi connectivity index (χ4v) is 2.64. The van der Waals surface area contributed by atoms with Gasteiger partial charge in [0.2, 0.25) is 11.8 Å². The van der Waals surface area contributed by atoms with Crippen molar-refractivity contribution in [1.82, 2.24) is 10.2 Å². The van der Waals surface area contributed by atoms with Crippen LogP contribution in [0.3, 0.4) is 0 Å². The maximum Gasteiger partial charge on any atom is 0.244 e. The molecule has 1 N–H and O–H groups in total. The van der Waals surface area contributed by atoms with Gasteiger partial charge < -0.3 is 10.2 Å². The van der Waals surface area contributed by atoms with Gasteiger partial charge in [-0.1, -0.05) is 12.1 Å². The van der Waals surface area contributed by atoms with Crippen LogP contribution in [-0.2, 0) is 9.59 Å². The van der Waals surface area contributed by atoms with Gasteiger partial charge in [0.25, 0.3) is 0 Å². The summed E-state index contributed by atoms with van der Waals surface area (Å²) in [5, 5.41) is 2.73. The van der Waals surface area contributed by atoms with Crippen molar-refractivity contribution in [3.8, 4) is 0 Å². The third kappa shape index (κ3) is 5.51. The number of carbonyl (C=O) groups excluding carboxylic acids is 2. The van der Waals surface area contributed by atoms with E-state index < -0.39 is 0 Å². The molecule has 1 saturated heterocycles. The van der Waals surface area contributed by atoms with E-state index in [1.54, 1.807) is 19.1 Å². The highest BCUT2D eigenvalue weighted by Gasteiger charge is 2.15. The Kier molecular flexibility index (Phi) is 6.32. The van der Waals surface area contributed by atoms with E-state index in [4.69, 9.17) is 0 Å². The number of halogens is 1. The van der Waals surface area contributed by atoms with Gasteiger partial charge in [0.1, 0.15) is 5.82 Å². The number of nitrogens with zero attached hydrogens (tertiary/aromatic N) is 1. The van der Waals surface area contributed by atoms with E-state index in [9.17, 15) is 14.0 Å². The largest absolute Gasteiger partial charge is 0.352 e. The molecule has 2 amide bonds. The molecule has 1 aliphatic heterocycles. The maximum absolute atomic E-state index is 12.9. The molecular weight excluding hydrogens is 295 g/mol. The molecule has 0 aromatic heterocycles. The van der Waals surface area contributed by atoms with Gasteiger partial charge in [0.05, 0.1) is 0 Å². The Balaban J connectivity index is 1.76. The first-order valence-electron chi connectivity index (χ1n) is 8.06. The van der Waals surface area contributed by atoms with Crippen LogP contribution in [0.15, 0.2) is 30.3 Å². The lowest BCUT2D eigenvalue weighted by atomic mass is 10.1. The predicted molar refractivity (Wildman–Crippen MR) is 88.1 cm³/mol. The molecule has 23 heavy (non-hydrogen) atoms. The summed E-state index contributed by atoms with van der Waals surface area (Å²) in [6, 6.07) is 5.99. The number of hydrogen-bond donors (Lipinski definition) is 1. The van der Waals surface area contributed by atoms with Gasteiger partial charge in [-0.2, -0.15) is 0 Å². The molecule has 0 atom stereocenters. The number of likely N-dealkylation sites (tertiary alicyclic amines) is 1. The number of benzene rings is 1. The molecule has 124 valence electrons. The Morgan fingerprint density at radius 3 is 2.48 bits per heavy atom. The lowest BCUT2D eigenvalue weighted by Gasteiger charge is -2.26. The average molecular weight is 318 g/mol. The molecule has 4 nitrogen and oxygen atoms in total. The van der Waals surface area contributed by atoms with Crippen LogP contribution in [0.4, 0.5) is 4.39 Å². The van der Waals surface area contributed by atoms with Crippen molar-refractivity contribution in [3.63, 3.8) is 0 Å². The van der Waals surface area contributed by atoms with Crippen LogP contribution in [-0.4, -0.2) is 36.3 Å². The first-order chi connectivity index (χ1) is 11.1. The number of allylic oxidation sites excluding steroid dienone is 1. The second-order valence-corrected chi connectivity index (χ2v) is 5.82. The van der Waals surface area contributed by atoms with Crippen molar-refractivity contribution >= 4 is 17.4 Å². The molecule has 1 fully saturated rings. The highest BCUT2D eigenvalue weighted by molar-refractivity contribution is 5.95. The highest BCUT2D eigenvalue weighted by Crippen LogP contribution is 2.14. The lowest BCUT2D eigenvalue weighted by molar-refractivity contribution is -0.132. The first kappa shape index (κ1) is 17.2. The highest BCUT2D eigenvalue weighted by atomic mass is 19.1. The molecule has 1 aromatic carbocycles.